The summed E-state index contributed by atoms with van der Waals surface area (Å²) in [7, 11) is -4.64. The van der Waals surface area contributed by atoms with Gasteiger partial charge in [0.25, 0.3) is 0 Å². The Balaban J connectivity index is 0. The number of hydrogen-bond donors (Lipinski definition) is 3. The van der Waals surface area contributed by atoms with Crippen LogP contribution in [-0.4, -0.2) is 43.2 Å². The van der Waals surface area contributed by atoms with Crippen LogP contribution in [0.25, 0.3) is 0 Å². The molecule has 0 aliphatic heterocycles. The van der Waals surface area contributed by atoms with Gasteiger partial charge in [-0.15, -0.1) is 0 Å². The molecular weight excluding hydrogens is 221 g/mol. The van der Waals surface area contributed by atoms with Gasteiger partial charge in [0.05, 0.1) is 0 Å². The zero-order chi connectivity index (χ0) is 11.5. The maximum absolute atomic E-state index is 11.1. The molecule has 0 unspecified atom stereocenters. The summed E-state index contributed by atoms with van der Waals surface area (Å²) in [6, 6.07) is 0. The molecule has 0 spiro atoms. The molecule has 0 saturated heterocycles. The first-order valence-electron chi connectivity index (χ1n) is 2.48. The minimum atomic E-state index is -5.40. The third-order valence-electron chi connectivity index (χ3n) is 0.498. The third kappa shape index (κ3) is 15.1. The molecular formula is C2H3F5LiO4P. The van der Waals surface area contributed by atoms with Crippen molar-refractivity contribution >= 4 is 25.5 Å². The molecule has 3 N–H and O–H groups in total. The Kier molecular flexibility index (Phi) is 5.75. The predicted molar refractivity (Wildman–Crippen MR) is 31.0 cm³/mol. The predicted octanol–water partition coefficient (Wildman–Crippen LogP) is 0.381. The van der Waals surface area contributed by atoms with Gasteiger partial charge in [0, 0.05) is 0 Å². The van der Waals surface area contributed by atoms with Crippen molar-refractivity contribution in [1.82, 2.24) is 0 Å². The number of phosphoric acid groups is 1. The molecule has 0 radical (unpaired) electrons. The van der Waals surface area contributed by atoms with E-state index in [0.717, 1.165) is 0 Å². The van der Waals surface area contributed by atoms with Crippen molar-refractivity contribution in [2.24, 2.45) is 0 Å². The van der Waals surface area contributed by atoms with Gasteiger partial charge in [-0.25, -0.2) is 4.57 Å². The van der Waals surface area contributed by atoms with E-state index in [4.69, 9.17) is 19.2 Å². The summed E-state index contributed by atoms with van der Waals surface area (Å²) in [6.45, 7) is 0. The average molecular weight is 224 g/mol. The molecule has 0 saturated carbocycles. The second kappa shape index (κ2) is 4.73. The van der Waals surface area contributed by atoms with Gasteiger partial charge in [0.15, 0.2) is 0 Å². The summed E-state index contributed by atoms with van der Waals surface area (Å²) in [5, 5.41) is 0. The monoisotopic (exact) mass is 224 g/mol. The average Bonchev–Trinajstić information content (AvgIpc) is 1.50. The molecule has 0 amide bonds. The summed E-state index contributed by atoms with van der Waals surface area (Å²) in [4.78, 5) is 21.6. The number of halogens is 5. The third-order valence-corrected chi connectivity index (χ3v) is 0.498. The van der Waals surface area contributed by atoms with Crippen molar-refractivity contribution in [1.29, 1.82) is 0 Å². The van der Waals surface area contributed by atoms with Gasteiger partial charge in [-0.3, -0.25) is 0 Å². The molecule has 76 valence electrons. The molecule has 13 heavy (non-hydrogen) atoms. The van der Waals surface area contributed by atoms with Gasteiger partial charge < -0.3 is 14.7 Å². The van der Waals surface area contributed by atoms with Gasteiger partial charge >= 0.3 is 58.3 Å². The first-order valence-corrected chi connectivity index (χ1v) is 4.04. The second-order valence-corrected chi connectivity index (χ2v) is 2.93. The van der Waals surface area contributed by atoms with Gasteiger partial charge in [0.1, 0.15) is 0 Å². The number of hydrogen-bond acceptors (Lipinski definition) is 1. The van der Waals surface area contributed by atoms with Crippen LogP contribution in [0, 0.1) is 0 Å². The summed E-state index contributed by atoms with van der Waals surface area (Å²) in [6.07, 6.45) is -5.40. The molecule has 0 bridgehead atoms. The molecule has 0 atom stereocenters. The van der Waals surface area contributed by atoms with Crippen LogP contribution in [-0.2, 0) is 4.57 Å². The van der Waals surface area contributed by atoms with Crippen molar-refractivity contribution in [3.8, 4) is 0 Å². The fourth-order valence-corrected chi connectivity index (χ4v) is 0. The van der Waals surface area contributed by atoms with Gasteiger partial charge in [0.2, 0.25) is 0 Å². The molecule has 0 fully saturated rings. The Hall–Kier alpha value is 0.357. The Morgan fingerprint density at radius 2 is 1.08 bits per heavy atom. The zero-order valence-electron chi connectivity index (χ0n) is 6.09. The Bertz CT molecular complexity index is 171. The molecule has 0 aromatic carbocycles. The minimum absolute atomic E-state index is 0.188. The van der Waals surface area contributed by atoms with Crippen LogP contribution in [0.15, 0.2) is 0 Å². The first-order chi connectivity index (χ1) is 5.25. The van der Waals surface area contributed by atoms with Crippen LogP contribution in [0.3, 0.4) is 0 Å². The van der Waals surface area contributed by atoms with Crippen molar-refractivity contribution in [2.75, 3.05) is 0 Å². The van der Waals surface area contributed by atoms with E-state index in [1.54, 1.807) is 0 Å². The molecule has 4 nitrogen and oxygen atoms in total. The summed E-state index contributed by atoms with van der Waals surface area (Å²) in [5.41, 5.74) is 0. The normalized spacial score (nSPS) is 13.4. The van der Waals surface area contributed by atoms with E-state index in [9.17, 15) is 22.0 Å². The van der Waals surface area contributed by atoms with Crippen LogP contribution in [0.2, 0.25) is 0 Å². The summed E-state index contributed by atoms with van der Waals surface area (Å²) >= 11 is -0.188. The summed E-state index contributed by atoms with van der Waals surface area (Å²) in [5.74, 6) is 0. The second-order valence-electron chi connectivity index (χ2n) is 1.90. The summed E-state index contributed by atoms with van der Waals surface area (Å²) < 4.78 is 59.0. The fourth-order valence-electron chi connectivity index (χ4n) is 0. The Morgan fingerprint density at radius 1 is 1.00 bits per heavy atom. The molecule has 0 aliphatic carbocycles. The van der Waals surface area contributed by atoms with Crippen LogP contribution in [0.5, 0.6) is 0 Å². The fraction of sp³-hybridized carbons (Fsp3) is 1.00. The maximum atomic E-state index is 11.1. The molecule has 0 heterocycles. The van der Waals surface area contributed by atoms with E-state index in [-0.39, 0.29) is 17.7 Å². The Labute approximate surface area is 78.2 Å². The molecule has 0 aliphatic rings. The van der Waals surface area contributed by atoms with Crippen LogP contribution in [0.4, 0.5) is 22.0 Å². The van der Waals surface area contributed by atoms with E-state index in [0.29, 0.717) is 0 Å². The quantitative estimate of drug-likeness (QED) is 0.315. The molecule has 0 rings (SSSR count). The van der Waals surface area contributed by atoms with Gasteiger partial charge in [-0.05, 0) is 0 Å². The van der Waals surface area contributed by atoms with Crippen molar-refractivity contribution in [3.05, 3.63) is 0 Å². The van der Waals surface area contributed by atoms with Crippen LogP contribution in [0.1, 0.15) is 0 Å². The zero-order valence-corrected chi connectivity index (χ0v) is 6.98. The van der Waals surface area contributed by atoms with E-state index in [2.05, 4.69) is 0 Å². The number of rotatable bonds is 0. The van der Waals surface area contributed by atoms with E-state index in [1.807, 2.05) is 0 Å². The van der Waals surface area contributed by atoms with Crippen LogP contribution < -0.4 is 0 Å². The molecule has 0 aromatic heterocycles. The van der Waals surface area contributed by atoms with Crippen molar-refractivity contribution in [3.63, 3.8) is 0 Å². The van der Waals surface area contributed by atoms with Gasteiger partial charge in [-0.1, -0.05) is 0 Å². The van der Waals surface area contributed by atoms with E-state index < -0.39 is 18.6 Å². The van der Waals surface area contributed by atoms with Crippen LogP contribution >= 0.6 is 7.82 Å². The SMILES string of the molecule is O=P(O)(O)O.[Li][C](F)(F)C(F)(F)F. The van der Waals surface area contributed by atoms with E-state index >= 15 is 0 Å². The van der Waals surface area contributed by atoms with Gasteiger partial charge in [-0.2, -0.15) is 0 Å². The van der Waals surface area contributed by atoms with E-state index in [1.165, 1.54) is 0 Å². The standard InChI is InChI=1S/C2F5.Li.H3O4P/c3-1(4)2(5,6)7;;1-5(2,3)4/h;;(H3,1,2,3,4). The number of alkyl halides is 5. The Morgan fingerprint density at radius 3 is 1.08 bits per heavy atom. The van der Waals surface area contributed by atoms with Crippen molar-refractivity contribution < 1.29 is 41.2 Å². The van der Waals surface area contributed by atoms with Crippen molar-refractivity contribution in [2.45, 2.75) is 10.8 Å². The topological polar surface area (TPSA) is 77.8 Å². The molecule has 0 aromatic rings. The molecule has 11 heteroatoms. The first kappa shape index (κ1) is 15.8.